The number of nitrogens with zero attached hydrogens (tertiary/aromatic N) is 4. The molecule has 1 heterocycles. The molecule has 0 unspecified atom stereocenters. The molecule has 1 aromatic carbocycles. The lowest BCUT2D eigenvalue weighted by molar-refractivity contribution is 0.813. The summed E-state index contributed by atoms with van der Waals surface area (Å²) in [4.78, 5) is 15.1. The summed E-state index contributed by atoms with van der Waals surface area (Å²) in [7, 11) is 0. The third-order valence-corrected chi connectivity index (χ3v) is 3.54. The van der Waals surface area contributed by atoms with Crippen molar-refractivity contribution in [2.75, 3.05) is 18.0 Å². The summed E-state index contributed by atoms with van der Waals surface area (Å²) in [6, 6.07) is 8.30. The van der Waals surface area contributed by atoms with Crippen LogP contribution in [0.25, 0.3) is 11.4 Å². The Morgan fingerprint density at radius 1 is 1.05 bits per heavy atom. The van der Waals surface area contributed by atoms with Gasteiger partial charge in [-0.15, -0.1) is 0 Å². The second kappa shape index (κ2) is 7.36. The maximum atomic E-state index is 6.07. The van der Waals surface area contributed by atoms with E-state index in [4.69, 9.17) is 11.6 Å². The van der Waals surface area contributed by atoms with E-state index in [0.29, 0.717) is 11.8 Å². The summed E-state index contributed by atoms with van der Waals surface area (Å²) >= 11 is 6.07. The van der Waals surface area contributed by atoms with Gasteiger partial charge < -0.3 is 4.90 Å². The monoisotopic (exact) mass is 304 g/mol. The molecule has 21 heavy (non-hydrogen) atoms. The predicted molar refractivity (Wildman–Crippen MR) is 87.8 cm³/mol. The molecule has 0 aliphatic carbocycles. The van der Waals surface area contributed by atoms with Crippen LogP contribution in [-0.2, 0) is 6.42 Å². The number of rotatable bonds is 6. The molecule has 0 aliphatic heterocycles. The second-order valence-electron chi connectivity index (χ2n) is 4.85. The predicted octanol–water partition coefficient (Wildman–Crippen LogP) is 3.99. The third kappa shape index (κ3) is 3.91. The minimum Gasteiger partial charge on any atom is -0.341 e. The van der Waals surface area contributed by atoms with Gasteiger partial charge in [-0.2, -0.15) is 15.0 Å². The molecule has 1 aromatic heterocycles. The average molecular weight is 305 g/mol. The van der Waals surface area contributed by atoms with E-state index < -0.39 is 0 Å². The van der Waals surface area contributed by atoms with Gasteiger partial charge in [0.1, 0.15) is 0 Å². The van der Waals surface area contributed by atoms with Crippen LogP contribution in [0.2, 0.25) is 5.28 Å². The number of benzene rings is 1. The summed E-state index contributed by atoms with van der Waals surface area (Å²) in [5.74, 6) is 1.27. The summed E-state index contributed by atoms with van der Waals surface area (Å²) in [6.07, 6.45) is 2.17. The topological polar surface area (TPSA) is 41.9 Å². The van der Waals surface area contributed by atoms with Crippen molar-refractivity contribution in [3.05, 3.63) is 35.1 Å². The smallest absolute Gasteiger partial charge is 0.230 e. The van der Waals surface area contributed by atoms with Crippen LogP contribution in [0.3, 0.4) is 0 Å². The van der Waals surface area contributed by atoms with Gasteiger partial charge >= 0.3 is 0 Å². The van der Waals surface area contributed by atoms with Gasteiger partial charge in [0.2, 0.25) is 11.2 Å². The van der Waals surface area contributed by atoms with E-state index in [-0.39, 0.29) is 5.28 Å². The number of halogens is 1. The molecule has 0 bridgehead atoms. The van der Waals surface area contributed by atoms with E-state index in [1.165, 1.54) is 5.56 Å². The SMILES string of the molecule is CCCc1cccc(-c2nc(Cl)nc(N(CC)CC)n2)c1. The second-order valence-corrected chi connectivity index (χ2v) is 5.19. The van der Waals surface area contributed by atoms with Crippen LogP contribution in [0.1, 0.15) is 32.8 Å². The number of aryl methyl sites for hydroxylation is 1. The highest BCUT2D eigenvalue weighted by atomic mass is 35.5. The van der Waals surface area contributed by atoms with Gasteiger partial charge in [0.25, 0.3) is 0 Å². The number of hydrogen-bond donors (Lipinski definition) is 0. The van der Waals surface area contributed by atoms with Crippen LogP contribution in [0.5, 0.6) is 0 Å². The molecule has 0 amide bonds. The molecule has 0 spiro atoms. The van der Waals surface area contributed by atoms with E-state index in [0.717, 1.165) is 31.5 Å². The maximum Gasteiger partial charge on any atom is 0.230 e. The Balaban J connectivity index is 2.41. The molecule has 4 nitrogen and oxygen atoms in total. The molecule has 2 rings (SSSR count). The Hall–Kier alpha value is -1.68. The normalized spacial score (nSPS) is 10.7. The van der Waals surface area contributed by atoms with Crippen LogP contribution in [0.15, 0.2) is 24.3 Å². The molecule has 0 radical (unpaired) electrons. The van der Waals surface area contributed by atoms with Crippen molar-refractivity contribution in [1.82, 2.24) is 15.0 Å². The minimum absolute atomic E-state index is 0.239. The Morgan fingerprint density at radius 2 is 1.81 bits per heavy atom. The first-order chi connectivity index (χ1) is 10.2. The zero-order valence-electron chi connectivity index (χ0n) is 12.8. The standard InChI is InChI=1S/C16H21ClN4/c1-4-8-12-9-7-10-13(11-12)14-18-15(17)20-16(19-14)21(5-2)6-3/h7,9-11H,4-6,8H2,1-3H3. The number of aromatic nitrogens is 3. The van der Waals surface area contributed by atoms with E-state index in [1.807, 2.05) is 12.1 Å². The molecule has 5 heteroatoms. The van der Waals surface area contributed by atoms with Crippen molar-refractivity contribution in [3.8, 4) is 11.4 Å². The van der Waals surface area contributed by atoms with E-state index >= 15 is 0 Å². The molecule has 112 valence electrons. The minimum atomic E-state index is 0.239. The lowest BCUT2D eigenvalue weighted by Crippen LogP contribution is -2.24. The van der Waals surface area contributed by atoms with Crippen LogP contribution in [0.4, 0.5) is 5.95 Å². The summed E-state index contributed by atoms with van der Waals surface area (Å²) in [5.41, 5.74) is 2.27. The quantitative estimate of drug-likeness (QED) is 0.809. The van der Waals surface area contributed by atoms with Crippen LogP contribution in [-0.4, -0.2) is 28.0 Å². The molecule has 0 N–H and O–H groups in total. The largest absolute Gasteiger partial charge is 0.341 e. The highest BCUT2D eigenvalue weighted by Gasteiger charge is 2.11. The average Bonchev–Trinajstić information content (AvgIpc) is 2.49. The van der Waals surface area contributed by atoms with E-state index in [9.17, 15) is 0 Å². The first-order valence-corrected chi connectivity index (χ1v) is 7.81. The lowest BCUT2D eigenvalue weighted by Gasteiger charge is -2.18. The molecular formula is C16H21ClN4. The highest BCUT2D eigenvalue weighted by Crippen LogP contribution is 2.21. The van der Waals surface area contributed by atoms with Crippen molar-refractivity contribution in [2.24, 2.45) is 0 Å². The maximum absolute atomic E-state index is 6.07. The first-order valence-electron chi connectivity index (χ1n) is 7.43. The number of hydrogen-bond acceptors (Lipinski definition) is 4. The van der Waals surface area contributed by atoms with Gasteiger partial charge in [-0.05, 0) is 43.5 Å². The molecule has 2 aromatic rings. The van der Waals surface area contributed by atoms with Crippen molar-refractivity contribution >= 4 is 17.5 Å². The Morgan fingerprint density at radius 3 is 2.48 bits per heavy atom. The van der Waals surface area contributed by atoms with Gasteiger partial charge in [-0.1, -0.05) is 31.5 Å². The fourth-order valence-electron chi connectivity index (χ4n) is 2.27. The Bertz CT molecular complexity index is 597. The summed E-state index contributed by atoms with van der Waals surface area (Å²) in [5, 5.41) is 0.239. The third-order valence-electron chi connectivity index (χ3n) is 3.37. The zero-order chi connectivity index (χ0) is 15.2. The zero-order valence-corrected chi connectivity index (χ0v) is 13.6. The van der Waals surface area contributed by atoms with Crippen molar-refractivity contribution in [3.63, 3.8) is 0 Å². The van der Waals surface area contributed by atoms with Gasteiger partial charge in [0.15, 0.2) is 5.82 Å². The molecule has 0 saturated heterocycles. The van der Waals surface area contributed by atoms with Crippen LogP contribution >= 0.6 is 11.6 Å². The summed E-state index contributed by atoms with van der Waals surface area (Å²) in [6.45, 7) is 7.99. The Kier molecular flexibility index (Phi) is 5.51. The Labute approximate surface area is 131 Å². The fraction of sp³-hybridized carbons (Fsp3) is 0.438. The molecule has 0 fully saturated rings. The van der Waals surface area contributed by atoms with Crippen molar-refractivity contribution in [2.45, 2.75) is 33.6 Å². The molecular weight excluding hydrogens is 284 g/mol. The van der Waals surface area contributed by atoms with Crippen molar-refractivity contribution < 1.29 is 0 Å². The van der Waals surface area contributed by atoms with E-state index in [1.54, 1.807) is 0 Å². The molecule has 0 aliphatic rings. The van der Waals surface area contributed by atoms with Gasteiger partial charge in [-0.25, -0.2) is 0 Å². The highest BCUT2D eigenvalue weighted by molar-refractivity contribution is 6.28. The van der Waals surface area contributed by atoms with Gasteiger partial charge in [0, 0.05) is 18.7 Å². The fourth-order valence-corrected chi connectivity index (χ4v) is 2.43. The summed E-state index contributed by atoms with van der Waals surface area (Å²) < 4.78 is 0. The van der Waals surface area contributed by atoms with E-state index in [2.05, 4.69) is 52.8 Å². The van der Waals surface area contributed by atoms with Gasteiger partial charge in [-0.3, -0.25) is 0 Å². The van der Waals surface area contributed by atoms with Gasteiger partial charge in [0.05, 0.1) is 0 Å². The molecule has 0 saturated carbocycles. The number of anilines is 1. The lowest BCUT2D eigenvalue weighted by atomic mass is 10.1. The van der Waals surface area contributed by atoms with Crippen molar-refractivity contribution in [1.29, 1.82) is 0 Å². The first kappa shape index (κ1) is 15.7. The van der Waals surface area contributed by atoms with Crippen LogP contribution in [0, 0.1) is 0 Å². The van der Waals surface area contributed by atoms with Crippen LogP contribution < -0.4 is 4.90 Å². The molecule has 0 atom stereocenters.